The summed E-state index contributed by atoms with van der Waals surface area (Å²) in [6.07, 6.45) is 0. The van der Waals surface area contributed by atoms with E-state index in [4.69, 9.17) is 4.74 Å². The molecule has 1 atom stereocenters. The van der Waals surface area contributed by atoms with Gasteiger partial charge in [0.05, 0.1) is 18.4 Å². The number of aryl methyl sites for hydroxylation is 1. The number of aromatic amines is 1. The second-order valence-corrected chi connectivity index (χ2v) is 8.50. The largest absolute Gasteiger partial charge is 0.383 e. The average molecular weight is 463 g/mol. The second kappa shape index (κ2) is 9.07. The minimum atomic E-state index is 0.0731. The Labute approximate surface area is 177 Å². The summed E-state index contributed by atoms with van der Waals surface area (Å²) in [5, 5.41) is 7.71. The van der Waals surface area contributed by atoms with Gasteiger partial charge in [-0.3, -0.25) is 9.89 Å². The minimum absolute atomic E-state index is 0.0731. The number of nitrogens with zero attached hydrogens (tertiary/aromatic N) is 3. The van der Waals surface area contributed by atoms with Crippen molar-refractivity contribution in [3.8, 4) is 11.4 Å². The molecule has 0 aliphatic carbocycles. The number of H-pyrrole nitrogens is 1. The zero-order valence-corrected chi connectivity index (χ0v) is 18.7. The lowest BCUT2D eigenvalue weighted by atomic mass is 10.2. The number of rotatable bonds is 8. The Bertz CT molecular complexity index is 965. The Morgan fingerprint density at radius 2 is 2.04 bits per heavy atom. The Kier molecular flexibility index (Phi) is 6.74. The number of halogens is 1. The molecule has 0 bridgehead atoms. The number of nitrogens with one attached hydrogen (secondary N) is 1. The van der Waals surface area contributed by atoms with Gasteiger partial charge < -0.3 is 9.30 Å². The summed E-state index contributed by atoms with van der Waals surface area (Å²) in [6.45, 7) is 6.69. The quantitative estimate of drug-likeness (QED) is 0.383. The lowest BCUT2D eigenvalue weighted by molar-refractivity contribution is 0.102. The third-order valence-corrected chi connectivity index (χ3v) is 5.92. The van der Waals surface area contributed by atoms with Crippen LogP contribution in [0.4, 0.5) is 0 Å². The normalized spacial score (nSPS) is 12.3. The molecule has 0 saturated carbocycles. The van der Waals surface area contributed by atoms with Crippen LogP contribution in [0.2, 0.25) is 0 Å². The molecule has 2 heterocycles. The number of ketones is 1. The van der Waals surface area contributed by atoms with E-state index in [0.717, 1.165) is 27.0 Å². The van der Waals surface area contributed by atoms with Gasteiger partial charge in [0.15, 0.2) is 11.6 Å². The van der Waals surface area contributed by atoms with E-state index in [-0.39, 0.29) is 11.8 Å². The Hall–Kier alpha value is -1.90. The summed E-state index contributed by atoms with van der Waals surface area (Å²) in [5.74, 6) is 1.05. The fraction of sp³-hybridized carbons (Fsp3) is 0.350. The van der Waals surface area contributed by atoms with E-state index >= 15 is 0 Å². The van der Waals surface area contributed by atoms with E-state index in [1.807, 2.05) is 44.2 Å². The highest BCUT2D eigenvalue weighted by atomic mass is 79.9. The van der Waals surface area contributed by atoms with Gasteiger partial charge in [0, 0.05) is 34.1 Å². The van der Waals surface area contributed by atoms with Gasteiger partial charge in [0.1, 0.15) is 0 Å². The summed E-state index contributed by atoms with van der Waals surface area (Å²) in [4.78, 5) is 17.2. The summed E-state index contributed by atoms with van der Waals surface area (Å²) < 4.78 is 8.42. The minimum Gasteiger partial charge on any atom is -0.383 e. The van der Waals surface area contributed by atoms with Crippen LogP contribution in [0.25, 0.3) is 11.4 Å². The molecule has 0 radical (unpaired) electrons. The Morgan fingerprint density at radius 3 is 2.71 bits per heavy atom. The van der Waals surface area contributed by atoms with Crippen molar-refractivity contribution in [3.05, 3.63) is 51.8 Å². The molecule has 0 saturated heterocycles. The SMILES string of the molecule is COCC(C)n1c(C)cc(C(=O)CSc2n[nH]c(-c3ccc(Br)cc3)n2)c1C. The van der Waals surface area contributed by atoms with Crippen LogP contribution in [0.1, 0.15) is 34.7 Å². The maximum Gasteiger partial charge on any atom is 0.209 e. The van der Waals surface area contributed by atoms with Crippen molar-refractivity contribution in [3.63, 3.8) is 0 Å². The van der Waals surface area contributed by atoms with Gasteiger partial charge in [-0.2, -0.15) is 0 Å². The summed E-state index contributed by atoms with van der Waals surface area (Å²) in [7, 11) is 1.69. The van der Waals surface area contributed by atoms with Gasteiger partial charge in [-0.15, -0.1) is 5.10 Å². The summed E-state index contributed by atoms with van der Waals surface area (Å²) in [6, 6.07) is 9.96. The molecule has 148 valence electrons. The maximum atomic E-state index is 12.8. The number of hydrogen-bond acceptors (Lipinski definition) is 5. The number of ether oxygens (including phenoxy) is 1. The highest BCUT2D eigenvalue weighted by molar-refractivity contribution is 9.10. The zero-order chi connectivity index (χ0) is 20.3. The third kappa shape index (κ3) is 4.56. The van der Waals surface area contributed by atoms with Crippen LogP contribution >= 0.6 is 27.7 Å². The molecule has 0 amide bonds. The van der Waals surface area contributed by atoms with Crippen molar-refractivity contribution in [2.75, 3.05) is 19.5 Å². The Balaban J connectivity index is 1.68. The molecule has 1 unspecified atom stereocenters. The molecule has 3 aromatic rings. The first-order valence-corrected chi connectivity index (χ1v) is 10.7. The van der Waals surface area contributed by atoms with E-state index in [1.165, 1.54) is 11.8 Å². The molecule has 0 fully saturated rings. The molecule has 0 spiro atoms. The molecule has 1 aromatic carbocycles. The van der Waals surface area contributed by atoms with Crippen LogP contribution in [0.5, 0.6) is 0 Å². The monoisotopic (exact) mass is 462 g/mol. The van der Waals surface area contributed by atoms with Gasteiger partial charge in [0.2, 0.25) is 5.16 Å². The third-order valence-electron chi connectivity index (χ3n) is 4.55. The molecule has 28 heavy (non-hydrogen) atoms. The molecule has 2 aromatic heterocycles. The fourth-order valence-electron chi connectivity index (χ4n) is 3.31. The lowest BCUT2D eigenvalue weighted by Gasteiger charge is -2.17. The van der Waals surface area contributed by atoms with Crippen molar-refractivity contribution in [1.29, 1.82) is 0 Å². The van der Waals surface area contributed by atoms with Gasteiger partial charge in [0.25, 0.3) is 0 Å². The molecule has 3 rings (SSSR count). The second-order valence-electron chi connectivity index (χ2n) is 6.64. The first kappa shape index (κ1) is 20.8. The highest BCUT2D eigenvalue weighted by Crippen LogP contribution is 2.25. The zero-order valence-electron chi connectivity index (χ0n) is 16.3. The van der Waals surface area contributed by atoms with Crippen LogP contribution in [-0.4, -0.2) is 45.0 Å². The topological polar surface area (TPSA) is 72.8 Å². The number of benzene rings is 1. The predicted molar refractivity (Wildman–Crippen MR) is 115 cm³/mol. The maximum absolute atomic E-state index is 12.8. The van der Waals surface area contributed by atoms with Crippen LogP contribution in [0, 0.1) is 13.8 Å². The van der Waals surface area contributed by atoms with Crippen LogP contribution < -0.4 is 0 Å². The predicted octanol–water partition coefficient (Wildman–Crippen LogP) is 4.83. The van der Waals surface area contributed by atoms with Crippen molar-refractivity contribution in [2.24, 2.45) is 0 Å². The first-order chi connectivity index (χ1) is 13.4. The fourth-order valence-corrected chi connectivity index (χ4v) is 4.26. The van der Waals surface area contributed by atoms with Crippen molar-refractivity contribution in [1.82, 2.24) is 19.7 Å². The average Bonchev–Trinajstić information content (AvgIpc) is 3.25. The van der Waals surface area contributed by atoms with E-state index in [9.17, 15) is 4.79 Å². The Morgan fingerprint density at radius 1 is 1.32 bits per heavy atom. The van der Waals surface area contributed by atoms with Crippen LogP contribution in [0.3, 0.4) is 0 Å². The summed E-state index contributed by atoms with van der Waals surface area (Å²) >= 11 is 4.76. The van der Waals surface area contributed by atoms with Gasteiger partial charge in [-0.1, -0.05) is 39.8 Å². The van der Waals surface area contributed by atoms with Crippen LogP contribution in [0.15, 0.2) is 40.0 Å². The highest BCUT2D eigenvalue weighted by Gasteiger charge is 2.19. The van der Waals surface area contributed by atoms with Crippen molar-refractivity contribution in [2.45, 2.75) is 32.0 Å². The molecular weight excluding hydrogens is 440 g/mol. The molecule has 6 nitrogen and oxygen atoms in total. The van der Waals surface area contributed by atoms with Gasteiger partial charge >= 0.3 is 0 Å². The van der Waals surface area contributed by atoms with Crippen molar-refractivity contribution >= 4 is 33.5 Å². The molecular formula is C20H23BrN4O2S. The van der Waals surface area contributed by atoms with E-state index < -0.39 is 0 Å². The van der Waals surface area contributed by atoms with Crippen LogP contribution in [-0.2, 0) is 4.74 Å². The smallest absolute Gasteiger partial charge is 0.209 e. The number of thioether (sulfide) groups is 1. The molecule has 0 aliphatic heterocycles. The summed E-state index contributed by atoms with van der Waals surface area (Å²) in [5.41, 5.74) is 3.73. The first-order valence-electron chi connectivity index (χ1n) is 8.92. The molecule has 1 N–H and O–H groups in total. The molecule has 8 heteroatoms. The van der Waals surface area contributed by atoms with Gasteiger partial charge in [-0.05, 0) is 39.0 Å². The van der Waals surface area contributed by atoms with E-state index in [0.29, 0.717) is 23.3 Å². The standard InChI is InChI=1S/C20H23BrN4O2S/c1-12-9-17(14(3)25(12)13(2)10-27-4)18(26)11-28-20-22-19(23-24-20)15-5-7-16(21)8-6-15/h5-9,13H,10-11H2,1-4H3,(H,22,23,24). The van der Waals surface area contributed by atoms with E-state index in [2.05, 4.69) is 42.6 Å². The van der Waals surface area contributed by atoms with E-state index in [1.54, 1.807) is 7.11 Å². The number of carbonyl (C=O) groups excluding carboxylic acids is 1. The number of methoxy groups -OCH3 is 1. The van der Waals surface area contributed by atoms with Gasteiger partial charge in [-0.25, -0.2) is 4.98 Å². The molecule has 0 aliphatic rings. The lowest BCUT2D eigenvalue weighted by Crippen LogP contribution is -2.14. The number of hydrogen-bond donors (Lipinski definition) is 1. The number of Topliss-reactive ketones (excluding diaryl/α,β-unsaturated/α-hetero) is 1. The number of carbonyl (C=O) groups is 1. The van der Waals surface area contributed by atoms with Crippen molar-refractivity contribution < 1.29 is 9.53 Å². The number of aromatic nitrogens is 4.